The highest BCUT2D eigenvalue weighted by atomic mass is 16.2. The van der Waals surface area contributed by atoms with Crippen LogP contribution >= 0.6 is 0 Å². The molecular formula is C21H35N5O2. The van der Waals surface area contributed by atoms with Gasteiger partial charge in [-0.1, -0.05) is 12.8 Å². The van der Waals surface area contributed by atoms with Crippen molar-refractivity contribution in [1.82, 2.24) is 24.9 Å². The van der Waals surface area contributed by atoms with Gasteiger partial charge in [0.2, 0.25) is 11.8 Å². The van der Waals surface area contributed by atoms with Crippen LogP contribution in [0.1, 0.15) is 62.7 Å². The summed E-state index contributed by atoms with van der Waals surface area (Å²) in [4.78, 5) is 28.8. The number of aromatic nitrogens is 2. The number of rotatable bonds is 6. The van der Waals surface area contributed by atoms with Crippen LogP contribution in [-0.2, 0) is 16.6 Å². The van der Waals surface area contributed by atoms with Gasteiger partial charge in [-0.15, -0.1) is 0 Å². The Balaban J connectivity index is 1.56. The Hall–Kier alpha value is -1.89. The van der Waals surface area contributed by atoms with Crippen LogP contribution in [-0.4, -0.2) is 64.1 Å². The second-order valence-electron chi connectivity index (χ2n) is 8.53. The van der Waals surface area contributed by atoms with Crippen molar-refractivity contribution in [3.05, 3.63) is 17.5 Å². The molecular weight excluding hydrogens is 354 g/mol. The molecule has 2 saturated heterocycles. The molecule has 3 rings (SSSR count). The molecule has 2 amide bonds. The summed E-state index contributed by atoms with van der Waals surface area (Å²) in [6.45, 7) is 6.64. The minimum absolute atomic E-state index is 0.0437. The van der Waals surface area contributed by atoms with E-state index in [1.54, 1.807) is 0 Å². The van der Waals surface area contributed by atoms with Crippen molar-refractivity contribution in [2.75, 3.05) is 26.7 Å². The van der Waals surface area contributed by atoms with E-state index in [0.717, 1.165) is 43.7 Å². The lowest BCUT2D eigenvalue weighted by molar-refractivity contribution is -0.131. The Morgan fingerprint density at radius 2 is 1.93 bits per heavy atom. The molecule has 1 N–H and O–H groups in total. The SMILES string of the molecule is Cc1c([C@H]2[C@H](CN[C@@H](C)CC(=O)N3CCCCCC3)CC(=O)N2C)cnn1C. The van der Waals surface area contributed by atoms with Gasteiger partial charge in [0.1, 0.15) is 0 Å². The molecule has 0 aromatic carbocycles. The summed E-state index contributed by atoms with van der Waals surface area (Å²) in [5.41, 5.74) is 2.22. The minimum atomic E-state index is 0.0437. The first kappa shape index (κ1) is 20.8. The quantitative estimate of drug-likeness (QED) is 0.808. The van der Waals surface area contributed by atoms with Crippen LogP contribution in [0, 0.1) is 12.8 Å². The zero-order valence-corrected chi connectivity index (χ0v) is 17.8. The predicted molar refractivity (Wildman–Crippen MR) is 109 cm³/mol. The standard InChI is InChI=1S/C21H35N5O2/c1-15(11-20(28)26-9-7-5-6-8-10-26)22-13-17-12-19(27)24(3)21(17)18-14-23-25(4)16(18)2/h14-15,17,21-22H,5-13H2,1-4H3/t15-,17-,21+/m0/s1. The largest absolute Gasteiger partial charge is 0.343 e. The van der Waals surface area contributed by atoms with Crippen LogP contribution in [0.15, 0.2) is 6.20 Å². The third kappa shape index (κ3) is 4.57. The van der Waals surface area contributed by atoms with Crippen LogP contribution in [0.5, 0.6) is 0 Å². The van der Waals surface area contributed by atoms with Crippen molar-refractivity contribution in [2.45, 2.75) is 64.5 Å². The molecule has 0 aliphatic carbocycles. The Morgan fingerprint density at radius 3 is 2.54 bits per heavy atom. The van der Waals surface area contributed by atoms with E-state index in [0.29, 0.717) is 12.8 Å². The van der Waals surface area contributed by atoms with Crippen molar-refractivity contribution in [2.24, 2.45) is 13.0 Å². The molecule has 1 aromatic heterocycles. The lowest BCUT2D eigenvalue weighted by atomic mass is 9.93. The highest BCUT2D eigenvalue weighted by Gasteiger charge is 2.39. The Kier molecular flexibility index (Phi) is 6.75. The second-order valence-corrected chi connectivity index (χ2v) is 8.53. The van der Waals surface area contributed by atoms with Gasteiger partial charge in [0.15, 0.2) is 0 Å². The summed E-state index contributed by atoms with van der Waals surface area (Å²) in [5.74, 6) is 0.616. The van der Waals surface area contributed by atoms with Crippen molar-refractivity contribution >= 4 is 11.8 Å². The number of carbonyl (C=O) groups excluding carboxylic acids is 2. The average Bonchev–Trinajstić information content (AvgIpc) is 3.00. The van der Waals surface area contributed by atoms with Crippen LogP contribution in [0.3, 0.4) is 0 Å². The third-order valence-corrected chi connectivity index (χ3v) is 6.45. The maximum Gasteiger partial charge on any atom is 0.224 e. The maximum atomic E-state index is 12.6. The van der Waals surface area contributed by atoms with Crippen LogP contribution in [0.4, 0.5) is 0 Å². The van der Waals surface area contributed by atoms with E-state index in [1.807, 2.05) is 41.7 Å². The highest BCUT2D eigenvalue weighted by molar-refractivity contribution is 5.79. The van der Waals surface area contributed by atoms with Gasteiger partial charge in [-0.05, 0) is 26.7 Å². The summed E-state index contributed by atoms with van der Waals surface area (Å²) in [7, 11) is 3.81. The molecule has 0 unspecified atom stereocenters. The number of hydrogen-bond acceptors (Lipinski definition) is 4. The van der Waals surface area contributed by atoms with E-state index in [-0.39, 0.29) is 29.8 Å². The summed E-state index contributed by atoms with van der Waals surface area (Å²) in [6, 6.07) is 0.148. The number of likely N-dealkylation sites (tertiary alicyclic amines) is 2. The number of carbonyl (C=O) groups is 2. The molecule has 0 radical (unpaired) electrons. The Morgan fingerprint density at radius 1 is 1.25 bits per heavy atom. The first-order valence-electron chi connectivity index (χ1n) is 10.6. The summed E-state index contributed by atoms with van der Waals surface area (Å²) in [5, 5.41) is 7.88. The van der Waals surface area contributed by atoms with E-state index in [9.17, 15) is 9.59 Å². The zero-order chi connectivity index (χ0) is 20.3. The van der Waals surface area contributed by atoms with E-state index in [2.05, 4.69) is 17.3 Å². The summed E-state index contributed by atoms with van der Waals surface area (Å²) < 4.78 is 1.86. The number of amides is 2. The molecule has 3 atom stereocenters. The molecule has 2 fully saturated rings. The maximum absolute atomic E-state index is 12.6. The van der Waals surface area contributed by atoms with Crippen molar-refractivity contribution in [3.63, 3.8) is 0 Å². The van der Waals surface area contributed by atoms with E-state index in [4.69, 9.17) is 0 Å². The Bertz CT molecular complexity index is 693. The molecule has 28 heavy (non-hydrogen) atoms. The first-order valence-corrected chi connectivity index (χ1v) is 10.6. The molecule has 156 valence electrons. The van der Waals surface area contributed by atoms with Gasteiger partial charge in [0.25, 0.3) is 0 Å². The third-order valence-electron chi connectivity index (χ3n) is 6.45. The van der Waals surface area contributed by atoms with Crippen molar-refractivity contribution < 1.29 is 9.59 Å². The van der Waals surface area contributed by atoms with Gasteiger partial charge in [0.05, 0.1) is 12.2 Å². The topological polar surface area (TPSA) is 70.5 Å². The number of aryl methyl sites for hydroxylation is 1. The Labute approximate surface area is 168 Å². The van der Waals surface area contributed by atoms with Crippen molar-refractivity contribution in [3.8, 4) is 0 Å². The normalized spacial score (nSPS) is 24.5. The fraction of sp³-hybridized carbons (Fsp3) is 0.762. The summed E-state index contributed by atoms with van der Waals surface area (Å²) in [6.07, 6.45) is 7.65. The number of nitrogens with one attached hydrogen (secondary N) is 1. The minimum Gasteiger partial charge on any atom is -0.343 e. The molecule has 0 bridgehead atoms. The van der Waals surface area contributed by atoms with Crippen molar-refractivity contribution in [1.29, 1.82) is 0 Å². The highest BCUT2D eigenvalue weighted by Crippen LogP contribution is 2.37. The molecule has 0 spiro atoms. The molecule has 1 aromatic rings. The van der Waals surface area contributed by atoms with Crippen LogP contribution < -0.4 is 5.32 Å². The molecule has 7 heteroatoms. The lowest BCUT2D eigenvalue weighted by Gasteiger charge is -2.27. The number of hydrogen-bond donors (Lipinski definition) is 1. The van der Waals surface area contributed by atoms with Crippen LogP contribution in [0.2, 0.25) is 0 Å². The van der Waals surface area contributed by atoms with Gasteiger partial charge < -0.3 is 15.1 Å². The second kappa shape index (κ2) is 9.07. The van der Waals surface area contributed by atoms with E-state index in [1.165, 1.54) is 12.8 Å². The zero-order valence-electron chi connectivity index (χ0n) is 17.8. The molecule has 2 aliphatic heterocycles. The smallest absolute Gasteiger partial charge is 0.224 e. The van der Waals surface area contributed by atoms with E-state index < -0.39 is 0 Å². The van der Waals surface area contributed by atoms with Gasteiger partial charge >= 0.3 is 0 Å². The van der Waals surface area contributed by atoms with Gasteiger partial charge in [0, 0.05) is 69.8 Å². The van der Waals surface area contributed by atoms with Gasteiger partial charge in [-0.3, -0.25) is 14.3 Å². The number of nitrogens with zero attached hydrogens (tertiary/aromatic N) is 4. The van der Waals surface area contributed by atoms with Gasteiger partial charge in [-0.25, -0.2) is 0 Å². The molecule has 7 nitrogen and oxygen atoms in total. The van der Waals surface area contributed by atoms with E-state index >= 15 is 0 Å². The van der Waals surface area contributed by atoms with Gasteiger partial charge in [-0.2, -0.15) is 5.10 Å². The average molecular weight is 390 g/mol. The molecule has 3 heterocycles. The fourth-order valence-corrected chi connectivity index (χ4v) is 4.54. The van der Waals surface area contributed by atoms with Crippen LogP contribution in [0.25, 0.3) is 0 Å². The lowest BCUT2D eigenvalue weighted by Crippen LogP contribution is -2.39. The molecule has 2 aliphatic rings. The first-order chi connectivity index (χ1) is 13.4. The predicted octanol–water partition coefficient (Wildman–Crippen LogP) is 2.02. The monoisotopic (exact) mass is 389 g/mol. The summed E-state index contributed by atoms with van der Waals surface area (Å²) >= 11 is 0. The molecule has 0 saturated carbocycles. The fourth-order valence-electron chi connectivity index (χ4n) is 4.54.